The van der Waals surface area contributed by atoms with Gasteiger partial charge >= 0.3 is 0 Å². The lowest BCUT2D eigenvalue weighted by atomic mass is 10.1. The molecule has 1 heterocycles. The van der Waals surface area contributed by atoms with Crippen molar-refractivity contribution in [2.75, 3.05) is 29.0 Å². The Morgan fingerprint density at radius 2 is 2.04 bits per heavy atom. The monoisotopic (exact) mass is 340 g/mol. The minimum absolute atomic E-state index is 0.0539. The normalized spacial score (nSPS) is 15.9. The van der Waals surface area contributed by atoms with Crippen molar-refractivity contribution in [1.82, 2.24) is 0 Å². The zero-order chi connectivity index (χ0) is 18.0. The van der Waals surface area contributed by atoms with E-state index < -0.39 is 5.91 Å². The number of primary amides is 1. The highest BCUT2D eigenvalue weighted by Crippen LogP contribution is 2.34. The summed E-state index contributed by atoms with van der Waals surface area (Å²) in [6.07, 6.45) is -0.0539. The molecule has 0 aliphatic carbocycles. The van der Waals surface area contributed by atoms with Crippen LogP contribution in [0.1, 0.15) is 17.3 Å². The summed E-state index contributed by atoms with van der Waals surface area (Å²) in [6, 6.07) is 12.0. The second kappa shape index (κ2) is 6.72. The number of nitrogens with two attached hydrogens (primary N) is 2. The third-order valence-corrected chi connectivity index (χ3v) is 3.93. The van der Waals surface area contributed by atoms with E-state index in [0.29, 0.717) is 23.7 Å². The first kappa shape index (κ1) is 16.6. The van der Waals surface area contributed by atoms with Gasteiger partial charge in [0.2, 0.25) is 5.91 Å². The van der Waals surface area contributed by atoms with Gasteiger partial charge in [0.25, 0.3) is 5.91 Å². The van der Waals surface area contributed by atoms with Crippen molar-refractivity contribution in [3.8, 4) is 5.75 Å². The predicted octanol–water partition coefficient (Wildman–Crippen LogP) is 1.59. The molecule has 2 amide bonds. The quantitative estimate of drug-likeness (QED) is 0.732. The number of anilines is 3. The van der Waals surface area contributed by atoms with Crippen molar-refractivity contribution in [2.24, 2.45) is 5.73 Å². The number of nitrogens with zero attached hydrogens (tertiary/aromatic N) is 1. The molecular weight excluding hydrogens is 320 g/mol. The maximum absolute atomic E-state index is 12.5. The van der Waals surface area contributed by atoms with Gasteiger partial charge in [0.1, 0.15) is 11.9 Å². The minimum atomic E-state index is -0.589. The molecule has 0 radical (unpaired) electrons. The van der Waals surface area contributed by atoms with E-state index in [2.05, 4.69) is 5.32 Å². The number of amides is 2. The Bertz CT molecular complexity index is 822. The molecule has 5 N–H and O–H groups in total. The zero-order valence-electron chi connectivity index (χ0n) is 13.9. The van der Waals surface area contributed by atoms with Crippen molar-refractivity contribution in [2.45, 2.75) is 13.0 Å². The number of para-hydroxylation sites is 1. The van der Waals surface area contributed by atoms with Gasteiger partial charge in [0.15, 0.2) is 0 Å². The molecule has 3 rings (SSSR count). The van der Waals surface area contributed by atoms with Gasteiger partial charge in [-0.2, -0.15) is 0 Å². The Morgan fingerprint density at radius 3 is 2.80 bits per heavy atom. The van der Waals surface area contributed by atoms with Crippen LogP contribution < -0.4 is 26.4 Å². The lowest BCUT2D eigenvalue weighted by Crippen LogP contribution is -2.42. The van der Waals surface area contributed by atoms with Crippen LogP contribution in [-0.2, 0) is 4.79 Å². The second-order valence-corrected chi connectivity index (χ2v) is 5.99. The lowest BCUT2D eigenvalue weighted by Gasteiger charge is -2.34. The minimum Gasteiger partial charge on any atom is -0.487 e. The summed E-state index contributed by atoms with van der Waals surface area (Å²) in [5.41, 5.74) is 13.2. The highest BCUT2D eigenvalue weighted by molar-refractivity contribution is 6.04. The van der Waals surface area contributed by atoms with E-state index in [1.54, 1.807) is 42.5 Å². The van der Waals surface area contributed by atoms with E-state index >= 15 is 0 Å². The summed E-state index contributed by atoms with van der Waals surface area (Å²) in [6.45, 7) is 2.60. The van der Waals surface area contributed by atoms with Gasteiger partial charge in [-0.05, 0) is 37.3 Å². The number of hydrogen-bond donors (Lipinski definition) is 3. The topological polar surface area (TPSA) is 111 Å². The summed E-state index contributed by atoms with van der Waals surface area (Å²) >= 11 is 0. The second-order valence-electron chi connectivity index (χ2n) is 5.99. The Balaban J connectivity index is 1.78. The maximum Gasteiger partial charge on any atom is 0.250 e. The third-order valence-electron chi connectivity index (χ3n) is 3.93. The predicted molar refractivity (Wildman–Crippen MR) is 96.7 cm³/mol. The molecule has 25 heavy (non-hydrogen) atoms. The molecule has 0 aromatic heterocycles. The number of nitrogen functional groups attached to an aromatic ring is 1. The number of nitrogens with one attached hydrogen (secondary N) is 1. The van der Waals surface area contributed by atoms with Crippen molar-refractivity contribution < 1.29 is 14.3 Å². The van der Waals surface area contributed by atoms with E-state index in [9.17, 15) is 9.59 Å². The molecule has 1 atom stereocenters. The first-order chi connectivity index (χ1) is 11.9. The van der Waals surface area contributed by atoms with Gasteiger partial charge in [0.05, 0.1) is 30.0 Å². The average Bonchev–Trinajstić information content (AvgIpc) is 2.55. The van der Waals surface area contributed by atoms with E-state index in [1.165, 1.54) is 0 Å². The fourth-order valence-corrected chi connectivity index (χ4v) is 2.86. The summed E-state index contributed by atoms with van der Waals surface area (Å²) < 4.78 is 5.78. The molecule has 2 aromatic rings. The van der Waals surface area contributed by atoms with Crippen LogP contribution in [0.4, 0.5) is 17.1 Å². The largest absolute Gasteiger partial charge is 0.487 e. The molecule has 0 saturated carbocycles. The van der Waals surface area contributed by atoms with E-state index in [-0.39, 0.29) is 24.1 Å². The number of hydrogen-bond acceptors (Lipinski definition) is 5. The van der Waals surface area contributed by atoms with Crippen LogP contribution in [0.2, 0.25) is 0 Å². The number of ether oxygens (including phenoxy) is 1. The van der Waals surface area contributed by atoms with Crippen LogP contribution in [0.5, 0.6) is 5.75 Å². The van der Waals surface area contributed by atoms with Crippen molar-refractivity contribution >= 4 is 28.9 Å². The zero-order valence-corrected chi connectivity index (χ0v) is 13.9. The Morgan fingerprint density at radius 1 is 1.28 bits per heavy atom. The van der Waals surface area contributed by atoms with E-state index in [0.717, 1.165) is 5.69 Å². The molecular formula is C18H20N4O3. The SMILES string of the molecule is CC1CN(CC(=O)Nc2ccccc2C(N)=O)c2cc(N)ccc2O1. The molecule has 2 aromatic carbocycles. The Hall–Kier alpha value is -3.22. The summed E-state index contributed by atoms with van der Waals surface area (Å²) in [4.78, 5) is 25.9. The third kappa shape index (κ3) is 3.65. The van der Waals surface area contributed by atoms with Gasteiger partial charge in [-0.3, -0.25) is 9.59 Å². The Labute approximate surface area is 145 Å². The number of carbonyl (C=O) groups excluding carboxylic acids is 2. The standard InChI is InChI=1S/C18H20N4O3/c1-11-9-22(15-8-12(19)6-7-16(15)25-11)10-17(23)21-14-5-3-2-4-13(14)18(20)24/h2-8,11H,9-10,19H2,1H3,(H2,20,24)(H,21,23). The number of carbonyl (C=O) groups is 2. The molecule has 7 heteroatoms. The number of rotatable bonds is 4. The van der Waals surface area contributed by atoms with Crippen LogP contribution in [0, 0.1) is 0 Å². The molecule has 0 fully saturated rings. The summed E-state index contributed by atoms with van der Waals surface area (Å²) in [5.74, 6) is -0.150. The maximum atomic E-state index is 12.5. The van der Waals surface area contributed by atoms with Crippen molar-refractivity contribution in [3.63, 3.8) is 0 Å². The molecule has 1 aliphatic heterocycles. The van der Waals surface area contributed by atoms with Gasteiger partial charge in [-0.1, -0.05) is 12.1 Å². The van der Waals surface area contributed by atoms with Crippen LogP contribution in [-0.4, -0.2) is 31.0 Å². The van der Waals surface area contributed by atoms with Gasteiger partial charge in [0, 0.05) is 5.69 Å². The number of benzene rings is 2. The molecule has 1 aliphatic rings. The molecule has 0 spiro atoms. The molecule has 7 nitrogen and oxygen atoms in total. The average molecular weight is 340 g/mol. The first-order valence-corrected chi connectivity index (χ1v) is 7.94. The number of fused-ring (bicyclic) bond motifs is 1. The summed E-state index contributed by atoms with van der Waals surface area (Å²) in [7, 11) is 0. The van der Waals surface area contributed by atoms with Gasteiger partial charge in [-0.25, -0.2) is 0 Å². The van der Waals surface area contributed by atoms with Gasteiger partial charge < -0.3 is 26.4 Å². The van der Waals surface area contributed by atoms with E-state index in [4.69, 9.17) is 16.2 Å². The lowest BCUT2D eigenvalue weighted by molar-refractivity contribution is -0.115. The smallest absolute Gasteiger partial charge is 0.250 e. The molecule has 130 valence electrons. The first-order valence-electron chi connectivity index (χ1n) is 7.94. The molecule has 0 saturated heterocycles. The summed E-state index contributed by atoms with van der Waals surface area (Å²) in [5, 5.41) is 2.75. The Kier molecular flexibility index (Phi) is 4.47. The van der Waals surface area contributed by atoms with Crippen LogP contribution >= 0.6 is 0 Å². The van der Waals surface area contributed by atoms with Crippen LogP contribution in [0.3, 0.4) is 0 Å². The van der Waals surface area contributed by atoms with Crippen molar-refractivity contribution in [3.05, 3.63) is 48.0 Å². The highest BCUT2D eigenvalue weighted by Gasteiger charge is 2.25. The fourth-order valence-electron chi connectivity index (χ4n) is 2.86. The fraction of sp³-hybridized carbons (Fsp3) is 0.222. The van der Waals surface area contributed by atoms with Gasteiger partial charge in [-0.15, -0.1) is 0 Å². The van der Waals surface area contributed by atoms with Crippen LogP contribution in [0.15, 0.2) is 42.5 Å². The highest BCUT2D eigenvalue weighted by atomic mass is 16.5. The van der Waals surface area contributed by atoms with Crippen molar-refractivity contribution in [1.29, 1.82) is 0 Å². The molecule has 1 unspecified atom stereocenters. The van der Waals surface area contributed by atoms with E-state index in [1.807, 2.05) is 11.8 Å². The molecule has 0 bridgehead atoms. The van der Waals surface area contributed by atoms with Crippen LogP contribution in [0.25, 0.3) is 0 Å².